The molecule has 1 aliphatic carbocycles. The summed E-state index contributed by atoms with van der Waals surface area (Å²) in [6, 6.07) is 0.353. The zero-order valence-corrected chi connectivity index (χ0v) is 6.75. The van der Waals surface area contributed by atoms with Crippen molar-refractivity contribution in [3.8, 4) is 0 Å². The molecule has 0 aromatic rings. The van der Waals surface area contributed by atoms with Crippen LogP contribution in [0.25, 0.3) is 0 Å². The van der Waals surface area contributed by atoms with E-state index in [1.165, 1.54) is 6.20 Å². The van der Waals surface area contributed by atoms with Crippen molar-refractivity contribution in [2.24, 2.45) is 0 Å². The molecule has 1 amide bonds. The van der Waals surface area contributed by atoms with Gasteiger partial charge >= 0.3 is 6.09 Å². The van der Waals surface area contributed by atoms with Crippen LogP contribution in [0.1, 0.15) is 19.8 Å². The van der Waals surface area contributed by atoms with Crippen molar-refractivity contribution in [2.75, 3.05) is 6.61 Å². The fourth-order valence-corrected chi connectivity index (χ4v) is 0.923. The first kappa shape index (κ1) is 8.11. The second-order valence-corrected chi connectivity index (χ2v) is 2.52. The van der Waals surface area contributed by atoms with Crippen LogP contribution in [0.15, 0.2) is 12.8 Å². The predicted octanol–water partition coefficient (Wildman–Crippen LogP) is 1.75. The van der Waals surface area contributed by atoms with E-state index in [1.54, 1.807) is 11.8 Å². The standard InChI is InChI=1S/C8H13NO2/c1-3-9(7-5-6-7)8(10)11-4-2/h3,7H,1,4-6H2,2H3. The van der Waals surface area contributed by atoms with E-state index in [4.69, 9.17) is 4.74 Å². The minimum atomic E-state index is -0.273. The Kier molecular flexibility index (Phi) is 2.52. The average Bonchev–Trinajstić information content (AvgIpc) is 2.73. The van der Waals surface area contributed by atoms with Gasteiger partial charge in [0.05, 0.1) is 6.61 Å². The van der Waals surface area contributed by atoms with E-state index in [2.05, 4.69) is 6.58 Å². The molecule has 0 aromatic heterocycles. The highest BCUT2D eigenvalue weighted by atomic mass is 16.6. The van der Waals surface area contributed by atoms with Crippen molar-refractivity contribution in [2.45, 2.75) is 25.8 Å². The largest absolute Gasteiger partial charge is 0.449 e. The number of carbonyl (C=O) groups excluding carboxylic acids is 1. The van der Waals surface area contributed by atoms with Crippen molar-refractivity contribution in [1.82, 2.24) is 4.90 Å². The summed E-state index contributed by atoms with van der Waals surface area (Å²) >= 11 is 0. The van der Waals surface area contributed by atoms with Gasteiger partial charge in [-0.15, -0.1) is 0 Å². The molecule has 1 rings (SSSR count). The van der Waals surface area contributed by atoms with Gasteiger partial charge in [-0.3, -0.25) is 4.90 Å². The Morgan fingerprint density at radius 2 is 2.45 bits per heavy atom. The quantitative estimate of drug-likeness (QED) is 0.621. The van der Waals surface area contributed by atoms with Crippen LogP contribution in [0.4, 0.5) is 4.79 Å². The average molecular weight is 155 g/mol. The van der Waals surface area contributed by atoms with Gasteiger partial charge in [-0.05, 0) is 19.8 Å². The number of hydrogen-bond acceptors (Lipinski definition) is 2. The molecule has 0 N–H and O–H groups in total. The number of rotatable bonds is 3. The zero-order valence-electron chi connectivity index (χ0n) is 6.75. The van der Waals surface area contributed by atoms with Crippen LogP contribution >= 0.6 is 0 Å². The monoisotopic (exact) mass is 155 g/mol. The molecule has 0 atom stereocenters. The van der Waals surface area contributed by atoms with Crippen molar-refractivity contribution < 1.29 is 9.53 Å². The molecule has 0 heterocycles. The molecule has 3 heteroatoms. The summed E-state index contributed by atoms with van der Waals surface area (Å²) in [5.41, 5.74) is 0. The summed E-state index contributed by atoms with van der Waals surface area (Å²) in [5.74, 6) is 0. The molecule has 0 bridgehead atoms. The van der Waals surface area contributed by atoms with Crippen LogP contribution in [0.3, 0.4) is 0 Å². The van der Waals surface area contributed by atoms with Crippen LogP contribution < -0.4 is 0 Å². The lowest BCUT2D eigenvalue weighted by molar-refractivity contribution is 0.120. The molecule has 1 fully saturated rings. The summed E-state index contributed by atoms with van der Waals surface area (Å²) in [5, 5.41) is 0. The second-order valence-electron chi connectivity index (χ2n) is 2.52. The maximum atomic E-state index is 11.1. The summed E-state index contributed by atoms with van der Waals surface area (Å²) in [4.78, 5) is 12.6. The molecule has 1 saturated carbocycles. The lowest BCUT2D eigenvalue weighted by Gasteiger charge is -2.15. The number of carbonyl (C=O) groups is 1. The predicted molar refractivity (Wildman–Crippen MR) is 42.1 cm³/mol. The van der Waals surface area contributed by atoms with Crippen molar-refractivity contribution in [3.05, 3.63) is 12.8 Å². The molecule has 0 spiro atoms. The normalized spacial score (nSPS) is 15.7. The Morgan fingerprint density at radius 3 is 2.82 bits per heavy atom. The number of ether oxygens (including phenoxy) is 1. The minimum Gasteiger partial charge on any atom is -0.449 e. The van der Waals surface area contributed by atoms with Gasteiger partial charge < -0.3 is 4.74 Å². The Hall–Kier alpha value is -0.990. The van der Waals surface area contributed by atoms with E-state index in [0.29, 0.717) is 12.6 Å². The van der Waals surface area contributed by atoms with Gasteiger partial charge in [0.1, 0.15) is 0 Å². The number of hydrogen-bond donors (Lipinski definition) is 0. The smallest absolute Gasteiger partial charge is 0.414 e. The lowest BCUT2D eigenvalue weighted by Crippen LogP contribution is -2.28. The van der Waals surface area contributed by atoms with Gasteiger partial charge in [0.2, 0.25) is 0 Å². The summed E-state index contributed by atoms with van der Waals surface area (Å²) in [6.45, 7) is 5.77. The third-order valence-corrected chi connectivity index (χ3v) is 1.62. The Morgan fingerprint density at radius 1 is 1.82 bits per heavy atom. The van der Waals surface area contributed by atoms with Crippen LogP contribution in [-0.2, 0) is 4.74 Å². The molecule has 0 aromatic carbocycles. The minimum absolute atomic E-state index is 0.273. The molecule has 11 heavy (non-hydrogen) atoms. The Labute approximate surface area is 66.6 Å². The lowest BCUT2D eigenvalue weighted by atomic mass is 10.6. The van der Waals surface area contributed by atoms with Crippen LogP contribution in [0.2, 0.25) is 0 Å². The third-order valence-electron chi connectivity index (χ3n) is 1.62. The second kappa shape index (κ2) is 3.42. The molecular formula is C8H13NO2. The van der Waals surface area contributed by atoms with Gasteiger partial charge in [0.25, 0.3) is 0 Å². The van der Waals surface area contributed by atoms with Crippen molar-refractivity contribution in [1.29, 1.82) is 0 Å². The van der Waals surface area contributed by atoms with Gasteiger partial charge in [-0.2, -0.15) is 0 Å². The SMILES string of the molecule is C=CN(C(=O)OCC)C1CC1. The first-order valence-corrected chi connectivity index (χ1v) is 3.87. The third kappa shape index (κ3) is 1.97. The van der Waals surface area contributed by atoms with E-state index >= 15 is 0 Å². The fraction of sp³-hybridized carbons (Fsp3) is 0.625. The van der Waals surface area contributed by atoms with Gasteiger partial charge in [-0.25, -0.2) is 4.79 Å². The fourth-order valence-electron chi connectivity index (χ4n) is 0.923. The van der Waals surface area contributed by atoms with Crippen molar-refractivity contribution in [3.63, 3.8) is 0 Å². The first-order valence-electron chi connectivity index (χ1n) is 3.87. The van der Waals surface area contributed by atoms with E-state index in [-0.39, 0.29) is 6.09 Å². The topological polar surface area (TPSA) is 29.5 Å². The molecule has 62 valence electrons. The molecule has 0 saturated heterocycles. The summed E-state index contributed by atoms with van der Waals surface area (Å²) in [6.07, 6.45) is 3.41. The number of amides is 1. The molecule has 0 radical (unpaired) electrons. The zero-order chi connectivity index (χ0) is 8.27. The van der Waals surface area contributed by atoms with Crippen LogP contribution in [0.5, 0.6) is 0 Å². The van der Waals surface area contributed by atoms with Crippen LogP contribution in [-0.4, -0.2) is 23.6 Å². The van der Waals surface area contributed by atoms with Gasteiger partial charge in [-0.1, -0.05) is 6.58 Å². The Balaban J connectivity index is 2.39. The van der Waals surface area contributed by atoms with E-state index in [9.17, 15) is 4.79 Å². The Bertz CT molecular complexity index is 163. The van der Waals surface area contributed by atoms with E-state index < -0.39 is 0 Å². The number of nitrogens with zero attached hydrogens (tertiary/aromatic N) is 1. The molecule has 1 aliphatic rings. The molecule has 0 unspecified atom stereocenters. The molecular weight excluding hydrogens is 142 g/mol. The highest BCUT2D eigenvalue weighted by Gasteiger charge is 2.31. The maximum Gasteiger partial charge on any atom is 0.414 e. The van der Waals surface area contributed by atoms with E-state index in [1.807, 2.05) is 0 Å². The molecule has 3 nitrogen and oxygen atoms in total. The summed E-state index contributed by atoms with van der Waals surface area (Å²) < 4.78 is 4.81. The van der Waals surface area contributed by atoms with Gasteiger partial charge in [0, 0.05) is 12.2 Å². The van der Waals surface area contributed by atoms with Crippen LogP contribution in [0, 0.1) is 0 Å². The summed E-state index contributed by atoms with van der Waals surface area (Å²) in [7, 11) is 0. The highest BCUT2D eigenvalue weighted by Crippen LogP contribution is 2.27. The first-order chi connectivity index (χ1) is 5.29. The highest BCUT2D eigenvalue weighted by molar-refractivity contribution is 5.69. The van der Waals surface area contributed by atoms with Crippen molar-refractivity contribution >= 4 is 6.09 Å². The van der Waals surface area contributed by atoms with E-state index in [0.717, 1.165) is 12.8 Å². The van der Waals surface area contributed by atoms with Gasteiger partial charge in [0.15, 0.2) is 0 Å². The maximum absolute atomic E-state index is 11.1. The molecule has 0 aliphatic heterocycles.